The average molecular weight is 400 g/mol. The molecule has 5 nitrogen and oxygen atoms in total. The van der Waals surface area contributed by atoms with Gasteiger partial charge in [-0.05, 0) is 29.6 Å². The van der Waals surface area contributed by atoms with E-state index in [9.17, 15) is 13.2 Å². The van der Waals surface area contributed by atoms with E-state index in [4.69, 9.17) is 11.6 Å². The molecule has 0 saturated carbocycles. The molecule has 1 unspecified atom stereocenters. The molecule has 2 heterocycles. The number of likely N-dealkylation sites (tertiary alicyclic amines) is 1. The van der Waals surface area contributed by atoms with Crippen molar-refractivity contribution in [1.29, 1.82) is 0 Å². The summed E-state index contributed by atoms with van der Waals surface area (Å²) in [5.74, 6) is -0.161. The van der Waals surface area contributed by atoms with Crippen molar-refractivity contribution in [3.8, 4) is 0 Å². The zero-order chi connectivity index (χ0) is 18.0. The summed E-state index contributed by atoms with van der Waals surface area (Å²) in [6.45, 7) is 1.29. The van der Waals surface area contributed by atoms with Gasteiger partial charge in [-0.15, -0.1) is 11.3 Å². The van der Waals surface area contributed by atoms with Gasteiger partial charge >= 0.3 is 0 Å². The van der Waals surface area contributed by atoms with Crippen LogP contribution in [0.4, 0.5) is 5.69 Å². The standard InChI is InChI=1S/C17H19ClN2O3S2/c1-25(22,23)12-6-7-13(18)14(10-12)19-17(21)11-20-8-2-4-15(20)16-5-3-9-24-16/h3,5-7,9-10,15H,2,4,8,11H2,1H3,(H,19,21)/p+1/t15-/m1/s1. The Kier molecular flexibility index (Phi) is 5.48. The third-order valence-electron chi connectivity index (χ3n) is 4.40. The fourth-order valence-electron chi connectivity index (χ4n) is 3.19. The maximum Gasteiger partial charge on any atom is 0.279 e. The average Bonchev–Trinajstić information content (AvgIpc) is 3.19. The lowest BCUT2D eigenvalue weighted by atomic mass is 10.2. The molecule has 2 aromatic rings. The van der Waals surface area contributed by atoms with Crippen molar-refractivity contribution in [3.63, 3.8) is 0 Å². The van der Waals surface area contributed by atoms with Gasteiger partial charge in [0.2, 0.25) is 0 Å². The van der Waals surface area contributed by atoms with Crippen LogP contribution >= 0.6 is 22.9 Å². The Bertz CT molecular complexity index is 866. The van der Waals surface area contributed by atoms with Gasteiger partial charge in [-0.2, -0.15) is 0 Å². The molecule has 2 atom stereocenters. The molecule has 134 valence electrons. The molecule has 0 radical (unpaired) electrons. The van der Waals surface area contributed by atoms with Crippen molar-refractivity contribution in [2.24, 2.45) is 0 Å². The van der Waals surface area contributed by atoms with Crippen LogP contribution in [0.25, 0.3) is 0 Å². The van der Waals surface area contributed by atoms with Gasteiger partial charge in [0.05, 0.1) is 27.0 Å². The van der Waals surface area contributed by atoms with E-state index in [1.807, 2.05) is 6.07 Å². The van der Waals surface area contributed by atoms with Crippen LogP contribution < -0.4 is 10.2 Å². The number of amides is 1. The smallest absolute Gasteiger partial charge is 0.279 e. The predicted molar refractivity (Wildman–Crippen MR) is 100 cm³/mol. The summed E-state index contributed by atoms with van der Waals surface area (Å²) < 4.78 is 23.4. The molecule has 1 aromatic heterocycles. The Morgan fingerprint density at radius 1 is 1.40 bits per heavy atom. The Balaban J connectivity index is 1.70. The van der Waals surface area contributed by atoms with Crippen LogP contribution in [0, 0.1) is 0 Å². The third kappa shape index (κ3) is 4.41. The molecule has 3 rings (SSSR count). The lowest BCUT2D eigenvalue weighted by Crippen LogP contribution is -3.11. The van der Waals surface area contributed by atoms with Crippen molar-refractivity contribution < 1.29 is 18.1 Å². The number of nitrogens with one attached hydrogen (secondary N) is 2. The first kappa shape index (κ1) is 18.4. The Labute approximate surface area is 156 Å². The van der Waals surface area contributed by atoms with E-state index in [-0.39, 0.29) is 10.8 Å². The topological polar surface area (TPSA) is 67.7 Å². The minimum absolute atomic E-state index is 0.136. The molecule has 8 heteroatoms. The molecule has 25 heavy (non-hydrogen) atoms. The largest absolute Gasteiger partial charge is 0.320 e. The maximum absolute atomic E-state index is 12.5. The highest BCUT2D eigenvalue weighted by Crippen LogP contribution is 2.26. The van der Waals surface area contributed by atoms with Crippen molar-refractivity contribution in [3.05, 3.63) is 45.6 Å². The van der Waals surface area contributed by atoms with E-state index < -0.39 is 9.84 Å². The first-order chi connectivity index (χ1) is 11.8. The van der Waals surface area contributed by atoms with Crippen molar-refractivity contribution >= 4 is 44.4 Å². The predicted octanol–water partition coefficient (Wildman–Crippen LogP) is 2.16. The second kappa shape index (κ2) is 7.45. The molecule has 1 aliphatic heterocycles. The SMILES string of the molecule is CS(=O)(=O)c1ccc(Cl)c(NC(=O)C[NH+]2CCC[C@@H]2c2cccs2)c1. The summed E-state index contributed by atoms with van der Waals surface area (Å²) in [4.78, 5) is 15.1. The fraction of sp³-hybridized carbons (Fsp3) is 0.353. The van der Waals surface area contributed by atoms with Crippen molar-refractivity contribution in [2.75, 3.05) is 24.7 Å². The normalized spacial score (nSPS) is 20.6. The minimum atomic E-state index is -3.35. The van der Waals surface area contributed by atoms with Crippen LogP contribution in [0.2, 0.25) is 5.02 Å². The van der Waals surface area contributed by atoms with Gasteiger partial charge in [0, 0.05) is 19.1 Å². The fourth-order valence-corrected chi connectivity index (χ4v) is 4.92. The molecule has 0 bridgehead atoms. The molecule has 2 N–H and O–H groups in total. The van der Waals surface area contributed by atoms with Gasteiger partial charge in [-0.1, -0.05) is 17.7 Å². The number of carbonyl (C=O) groups excluding carboxylic acids is 1. The molecule has 1 saturated heterocycles. The second-order valence-corrected chi connectivity index (χ2v) is 9.66. The van der Waals surface area contributed by atoms with E-state index in [0.29, 0.717) is 23.3 Å². The van der Waals surface area contributed by atoms with Crippen LogP contribution in [0.5, 0.6) is 0 Å². The molecule has 1 amide bonds. The molecular formula is C17H20ClN2O3S2+. The van der Waals surface area contributed by atoms with Crippen molar-refractivity contribution in [2.45, 2.75) is 23.8 Å². The number of halogens is 1. The summed E-state index contributed by atoms with van der Waals surface area (Å²) >= 11 is 7.82. The van der Waals surface area contributed by atoms with E-state index in [0.717, 1.165) is 25.6 Å². The van der Waals surface area contributed by atoms with Crippen LogP contribution in [-0.4, -0.2) is 33.7 Å². The zero-order valence-electron chi connectivity index (χ0n) is 13.8. The monoisotopic (exact) mass is 399 g/mol. The number of rotatable bonds is 5. The number of sulfone groups is 1. The summed E-state index contributed by atoms with van der Waals surface area (Å²) in [5, 5.41) is 5.15. The number of hydrogen-bond acceptors (Lipinski definition) is 4. The third-order valence-corrected chi connectivity index (χ3v) is 6.82. The number of benzene rings is 1. The zero-order valence-corrected chi connectivity index (χ0v) is 16.2. The molecule has 1 aliphatic rings. The number of hydrogen-bond donors (Lipinski definition) is 2. The van der Waals surface area contributed by atoms with E-state index >= 15 is 0 Å². The van der Waals surface area contributed by atoms with Gasteiger partial charge in [0.15, 0.2) is 16.4 Å². The quantitative estimate of drug-likeness (QED) is 0.809. The summed E-state index contributed by atoms with van der Waals surface area (Å²) in [5.41, 5.74) is 0.334. The highest BCUT2D eigenvalue weighted by atomic mass is 35.5. The Morgan fingerprint density at radius 3 is 2.88 bits per heavy atom. The van der Waals surface area contributed by atoms with Gasteiger partial charge in [-0.3, -0.25) is 4.79 Å². The first-order valence-electron chi connectivity index (χ1n) is 8.02. The number of quaternary nitrogens is 1. The van der Waals surface area contributed by atoms with Crippen LogP contribution in [0.1, 0.15) is 23.8 Å². The number of thiophene rings is 1. The summed E-state index contributed by atoms with van der Waals surface area (Å²) in [7, 11) is -3.35. The first-order valence-corrected chi connectivity index (χ1v) is 11.2. The Morgan fingerprint density at radius 2 is 2.20 bits per heavy atom. The number of anilines is 1. The molecule has 1 fully saturated rings. The second-order valence-electron chi connectivity index (χ2n) is 6.26. The van der Waals surface area contributed by atoms with Crippen LogP contribution in [0.15, 0.2) is 40.6 Å². The van der Waals surface area contributed by atoms with E-state index in [1.165, 1.54) is 28.0 Å². The Hall–Kier alpha value is -1.41. The molecule has 0 spiro atoms. The van der Waals surface area contributed by atoms with Gasteiger partial charge < -0.3 is 10.2 Å². The van der Waals surface area contributed by atoms with Crippen LogP contribution in [-0.2, 0) is 14.6 Å². The summed E-state index contributed by atoms with van der Waals surface area (Å²) in [6, 6.07) is 8.84. The van der Waals surface area contributed by atoms with Gasteiger partial charge in [-0.25, -0.2) is 8.42 Å². The van der Waals surface area contributed by atoms with E-state index in [2.05, 4.69) is 16.8 Å². The maximum atomic E-state index is 12.5. The van der Waals surface area contributed by atoms with Crippen LogP contribution in [0.3, 0.4) is 0 Å². The van der Waals surface area contributed by atoms with Gasteiger partial charge in [0.1, 0.15) is 6.04 Å². The minimum Gasteiger partial charge on any atom is -0.320 e. The van der Waals surface area contributed by atoms with E-state index in [1.54, 1.807) is 11.3 Å². The lowest BCUT2D eigenvalue weighted by molar-refractivity contribution is -0.910. The van der Waals surface area contributed by atoms with Crippen molar-refractivity contribution in [1.82, 2.24) is 0 Å². The molecule has 1 aromatic carbocycles. The summed E-state index contributed by atoms with van der Waals surface area (Å²) in [6.07, 6.45) is 3.30. The number of carbonyl (C=O) groups is 1. The highest BCUT2D eigenvalue weighted by molar-refractivity contribution is 7.90. The molecular weight excluding hydrogens is 380 g/mol. The highest BCUT2D eigenvalue weighted by Gasteiger charge is 2.32. The van der Waals surface area contributed by atoms with Gasteiger partial charge in [0.25, 0.3) is 5.91 Å². The molecule has 0 aliphatic carbocycles. The lowest BCUT2D eigenvalue weighted by Gasteiger charge is -2.20.